The number of nitrogens with two attached hydrogens (primary N) is 1. The van der Waals surface area contributed by atoms with E-state index in [1.165, 1.54) is 0 Å². The zero-order valence-electron chi connectivity index (χ0n) is 9.03. The van der Waals surface area contributed by atoms with E-state index in [2.05, 4.69) is 5.10 Å². The van der Waals surface area contributed by atoms with E-state index in [4.69, 9.17) is 10.5 Å². The summed E-state index contributed by atoms with van der Waals surface area (Å²) < 4.78 is 6.76. The number of nitrogens with zero attached hydrogens (tertiary/aromatic N) is 2. The first kappa shape index (κ1) is 11.0. The zero-order valence-corrected chi connectivity index (χ0v) is 9.03. The molecule has 3 N–H and O–H groups in total. The van der Waals surface area contributed by atoms with E-state index in [-0.39, 0.29) is 6.54 Å². The summed E-state index contributed by atoms with van der Waals surface area (Å²) in [6, 6.07) is 0. The van der Waals surface area contributed by atoms with Crippen LogP contribution in [0.4, 0.5) is 0 Å². The number of rotatable bonds is 3. The molecule has 5 nitrogen and oxygen atoms in total. The van der Waals surface area contributed by atoms with E-state index < -0.39 is 5.60 Å². The highest BCUT2D eigenvalue weighted by molar-refractivity contribution is 5.36. The van der Waals surface area contributed by atoms with Gasteiger partial charge in [-0.1, -0.05) is 0 Å². The molecule has 0 saturated heterocycles. The van der Waals surface area contributed by atoms with Gasteiger partial charge < -0.3 is 15.6 Å². The Morgan fingerprint density at radius 2 is 2.21 bits per heavy atom. The molecular formula is C9H17N3O2. The van der Waals surface area contributed by atoms with Gasteiger partial charge >= 0.3 is 0 Å². The Bertz CT molecular complexity index is 331. The van der Waals surface area contributed by atoms with Crippen LogP contribution < -0.4 is 10.5 Å². The summed E-state index contributed by atoms with van der Waals surface area (Å²) in [5.41, 5.74) is 5.80. The van der Waals surface area contributed by atoms with Gasteiger partial charge in [0.05, 0.1) is 18.4 Å². The van der Waals surface area contributed by atoms with Gasteiger partial charge in [0, 0.05) is 13.6 Å². The van der Waals surface area contributed by atoms with Crippen LogP contribution in [0.5, 0.6) is 5.88 Å². The van der Waals surface area contributed by atoms with E-state index >= 15 is 0 Å². The van der Waals surface area contributed by atoms with Crippen LogP contribution in [0.2, 0.25) is 0 Å². The molecular weight excluding hydrogens is 182 g/mol. The van der Waals surface area contributed by atoms with Crippen LogP contribution >= 0.6 is 0 Å². The van der Waals surface area contributed by atoms with Crippen LogP contribution in [0.25, 0.3) is 0 Å². The molecule has 0 saturated carbocycles. The Morgan fingerprint density at radius 1 is 1.64 bits per heavy atom. The van der Waals surface area contributed by atoms with E-state index in [1.54, 1.807) is 25.8 Å². The largest absolute Gasteiger partial charge is 0.481 e. The first-order chi connectivity index (χ1) is 6.44. The molecule has 0 aromatic carbocycles. The maximum Gasteiger partial charge on any atom is 0.217 e. The fourth-order valence-corrected chi connectivity index (χ4v) is 1.59. The van der Waals surface area contributed by atoms with E-state index in [1.807, 2.05) is 6.92 Å². The van der Waals surface area contributed by atoms with Crippen molar-refractivity contribution in [1.29, 1.82) is 0 Å². The van der Waals surface area contributed by atoms with Crippen LogP contribution in [0.1, 0.15) is 18.2 Å². The topological polar surface area (TPSA) is 73.3 Å². The van der Waals surface area contributed by atoms with Gasteiger partial charge in [-0.15, -0.1) is 0 Å². The van der Waals surface area contributed by atoms with Gasteiger partial charge in [-0.25, -0.2) is 4.68 Å². The maximum atomic E-state index is 10.0. The number of aryl methyl sites for hydroxylation is 2. The molecule has 1 aromatic rings. The second-order valence-corrected chi connectivity index (χ2v) is 3.57. The normalized spacial score (nSPS) is 15.3. The van der Waals surface area contributed by atoms with Crippen molar-refractivity contribution in [2.75, 3.05) is 13.7 Å². The Morgan fingerprint density at radius 3 is 2.64 bits per heavy atom. The Kier molecular flexibility index (Phi) is 2.82. The molecule has 14 heavy (non-hydrogen) atoms. The third kappa shape index (κ3) is 1.60. The minimum Gasteiger partial charge on any atom is -0.481 e. The highest BCUT2D eigenvalue weighted by Gasteiger charge is 2.30. The van der Waals surface area contributed by atoms with Crippen molar-refractivity contribution in [3.05, 3.63) is 11.3 Å². The van der Waals surface area contributed by atoms with Crippen LogP contribution in [0.3, 0.4) is 0 Å². The first-order valence-corrected chi connectivity index (χ1v) is 4.44. The minimum atomic E-state index is -1.09. The van der Waals surface area contributed by atoms with E-state index in [0.29, 0.717) is 11.4 Å². The smallest absolute Gasteiger partial charge is 0.217 e. The van der Waals surface area contributed by atoms with E-state index in [0.717, 1.165) is 5.69 Å². The number of methoxy groups -OCH3 is 1. The molecule has 0 aliphatic carbocycles. The van der Waals surface area contributed by atoms with Gasteiger partial charge in [-0.2, -0.15) is 5.10 Å². The second-order valence-electron chi connectivity index (χ2n) is 3.57. The summed E-state index contributed by atoms with van der Waals surface area (Å²) in [6.45, 7) is 3.61. The lowest BCUT2D eigenvalue weighted by atomic mass is 9.96. The molecule has 0 spiro atoms. The molecule has 1 unspecified atom stereocenters. The lowest BCUT2D eigenvalue weighted by Crippen LogP contribution is -2.32. The summed E-state index contributed by atoms with van der Waals surface area (Å²) >= 11 is 0. The molecule has 1 aromatic heterocycles. The van der Waals surface area contributed by atoms with E-state index in [9.17, 15) is 5.11 Å². The quantitative estimate of drug-likeness (QED) is 0.713. The van der Waals surface area contributed by atoms with Gasteiger partial charge in [0.2, 0.25) is 5.88 Å². The maximum absolute atomic E-state index is 10.0. The fraction of sp³-hybridized carbons (Fsp3) is 0.667. The highest BCUT2D eigenvalue weighted by Crippen LogP contribution is 2.31. The average molecular weight is 199 g/mol. The van der Waals surface area contributed by atoms with Crippen molar-refractivity contribution in [1.82, 2.24) is 9.78 Å². The summed E-state index contributed by atoms with van der Waals surface area (Å²) in [6.07, 6.45) is 0. The van der Waals surface area contributed by atoms with Crippen molar-refractivity contribution in [2.24, 2.45) is 12.8 Å². The van der Waals surface area contributed by atoms with Crippen molar-refractivity contribution in [3.8, 4) is 5.88 Å². The zero-order chi connectivity index (χ0) is 10.9. The monoisotopic (exact) mass is 199 g/mol. The third-order valence-corrected chi connectivity index (χ3v) is 2.30. The number of ether oxygens (including phenoxy) is 1. The standard InChI is InChI=1S/C9H17N3O2/c1-6-7(9(2,13)5-10)8(14-4)12(3)11-6/h13H,5,10H2,1-4H3. The second kappa shape index (κ2) is 3.59. The Labute approximate surface area is 83.5 Å². The molecule has 80 valence electrons. The summed E-state index contributed by atoms with van der Waals surface area (Å²) in [5.74, 6) is 0.554. The van der Waals surface area contributed by atoms with Crippen molar-refractivity contribution in [2.45, 2.75) is 19.4 Å². The molecule has 0 bridgehead atoms. The summed E-state index contributed by atoms with van der Waals surface area (Å²) in [5, 5.41) is 14.2. The van der Waals surface area contributed by atoms with Gasteiger partial charge in [-0.05, 0) is 13.8 Å². The first-order valence-electron chi connectivity index (χ1n) is 4.44. The number of aromatic nitrogens is 2. The predicted molar refractivity (Wildman–Crippen MR) is 53.1 cm³/mol. The molecule has 1 atom stereocenters. The lowest BCUT2D eigenvalue weighted by molar-refractivity contribution is 0.0631. The summed E-state index contributed by atoms with van der Waals surface area (Å²) in [4.78, 5) is 0. The fourth-order valence-electron chi connectivity index (χ4n) is 1.59. The number of hydrogen-bond donors (Lipinski definition) is 2. The van der Waals surface area contributed by atoms with Gasteiger partial charge in [0.25, 0.3) is 0 Å². The van der Waals surface area contributed by atoms with Crippen LogP contribution in [-0.2, 0) is 12.6 Å². The van der Waals surface area contributed by atoms with Crippen LogP contribution in [0.15, 0.2) is 0 Å². The highest BCUT2D eigenvalue weighted by atomic mass is 16.5. The van der Waals surface area contributed by atoms with Crippen molar-refractivity contribution < 1.29 is 9.84 Å². The van der Waals surface area contributed by atoms with Crippen molar-refractivity contribution >= 4 is 0 Å². The van der Waals surface area contributed by atoms with Crippen LogP contribution in [0, 0.1) is 6.92 Å². The SMILES string of the molecule is COc1c(C(C)(O)CN)c(C)nn1C. The minimum absolute atomic E-state index is 0.135. The molecule has 1 rings (SSSR count). The van der Waals surface area contributed by atoms with Gasteiger partial charge in [0.15, 0.2) is 0 Å². The number of hydrogen-bond acceptors (Lipinski definition) is 4. The van der Waals surface area contributed by atoms with Crippen LogP contribution in [-0.4, -0.2) is 28.5 Å². The van der Waals surface area contributed by atoms with Crippen molar-refractivity contribution in [3.63, 3.8) is 0 Å². The molecule has 1 heterocycles. The Balaban J connectivity index is 3.32. The molecule has 0 aliphatic rings. The average Bonchev–Trinajstić information content (AvgIpc) is 2.40. The molecule has 0 fully saturated rings. The molecule has 0 radical (unpaired) electrons. The molecule has 5 heteroatoms. The summed E-state index contributed by atoms with van der Waals surface area (Å²) in [7, 11) is 3.31. The van der Waals surface area contributed by atoms with Gasteiger partial charge in [-0.3, -0.25) is 0 Å². The number of aliphatic hydroxyl groups is 1. The lowest BCUT2D eigenvalue weighted by Gasteiger charge is -2.21. The third-order valence-electron chi connectivity index (χ3n) is 2.30. The Hall–Kier alpha value is -1.07. The molecule has 0 amide bonds. The molecule has 0 aliphatic heterocycles. The predicted octanol–water partition coefficient (Wildman–Crippen LogP) is -0.0967. The van der Waals surface area contributed by atoms with Gasteiger partial charge in [0.1, 0.15) is 5.60 Å².